The summed E-state index contributed by atoms with van der Waals surface area (Å²) in [4.78, 5) is 14.1. The summed E-state index contributed by atoms with van der Waals surface area (Å²) < 4.78 is 38.6. The molecule has 5 nitrogen and oxygen atoms in total. The predicted molar refractivity (Wildman–Crippen MR) is 98.0 cm³/mol. The van der Waals surface area contributed by atoms with Gasteiger partial charge in [0.05, 0.1) is 22.9 Å². The molecule has 2 aromatic rings. The van der Waals surface area contributed by atoms with Crippen LogP contribution in [0.15, 0.2) is 24.3 Å². The normalized spacial score (nSPS) is 15.3. The molecule has 2 heterocycles. The van der Waals surface area contributed by atoms with Crippen molar-refractivity contribution in [3.8, 4) is 11.5 Å². The molecule has 8 heteroatoms. The topological polar surface area (TPSA) is 50.8 Å². The third-order valence-electron chi connectivity index (χ3n) is 4.54. The highest BCUT2D eigenvalue weighted by molar-refractivity contribution is 6.34. The number of aryl methyl sites for hydroxylation is 1. The van der Waals surface area contributed by atoms with Gasteiger partial charge < -0.3 is 19.7 Å². The summed E-state index contributed by atoms with van der Waals surface area (Å²) in [7, 11) is 0. The number of benzene rings is 2. The summed E-state index contributed by atoms with van der Waals surface area (Å²) in [6.45, 7) is 1.30. The molecule has 0 aromatic heterocycles. The van der Waals surface area contributed by atoms with Crippen LogP contribution in [0.4, 0.5) is 20.2 Å². The second kappa shape index (κ2) is 7.23. The quantitative estimate of drug-likeness (QED) is 0.860. The Morgan fingerprint density at radius 3 is 2.67 bits per heavy atom. The maximum absolute atomic E-state index is 14.2. The highest BCUT2D eigenvalue weighted by Gasteiger charge is 2.24. The molecule has 0 spiro atoms. The second-order valence-electron chi connectivity index (χ2n) is 6.44. The highest BCUT2D eigenvalue weighted by atomic mass is 35.5. The van der Waals surface area contributed by atoms with E-state index in [4.69, 9.17) is 21.1 Å². The van der Waals surface area contributed by atoms with E-state index in [0.717, 1.165) is 6.07 Å². The minimum atomic E-state index is -0.658. The number of amides is 1. The van der Waals surface area contributed by atoms with Gasteiger partial charge in [0.15, 0.2) is 11.5 Å². The average Bonchev–Trinajstić information content (AvgIpc) is 2.62. The molecule has 2 aliphatic rings. The first-order valence-electron chi connectivity index (χ1n) is 8.63. The zero-order chi connectivity index (χ0) is 19.0. The van der Waals surface area contributed by atoms with E-state index in [9.17, 15) is 13.6 Å². The SMILES string of the molecule is O=C(CN1CCCc2cc(F)cc(F)c21)Nc1cc2c(cc1Cl)OCCO2. The molecule has 4 rings (SSSR count). The Morgan fingerprint density at radius 1 is 1.15 bits per heavy atom. The summed E-state index contributed by atoms with van der Waals surface area (Å²) in [6, 6.07) is 5.35. The first kappa shape index (κ1) is 17.9. The minimum Gasteiger partial charge on any atom is -0.486 e. The molecule has 27 heavy (non-hydrogen) atoms. The van der Waals surface area contributed by atoms with Gasteiger partial charge in [-0.15, -0.1) is 0 Å². The van der Waals surface area contributed by atoms with Crippen LogP contribution in [0.5, 0.6) is 11.5 Å². The van der Waals surface area contributed by atoms with Gasteiger partial charge in [-0.25, -0.2) is 8.78 Å². The molecule has 0 aliphatic carbocycles. The Bertz CT molecular complexity index is 907. The summed E-state index contributed by atoms with van der Waals surface area (Å²) in [5.74, 6) is -0.593. The Balaban J connectivity index is 1.51. The number of hydrogen-bond donors (Lipinski definition) is 1. The summed E-state index contributed by atoms with van der Waals surface area (Å²) >= 11 is 6.21. The van der Waals surface area contributed by atoms with Gasteiger partial charge in [0.1, 0.15) is 24.8 Å². The fourth-order valence-corrected chi connectivity index (χ4v) is 3.62. The number of fused-ring (bicyclic) bond motifs is 2. The fraction of sp³-hybridized carbons (Fsp3) is 0.316. The van der Waals surface area contributed by atoms with Gasteiger partial charge in [-0.2, -0.15) is 0 Å². The summed E-state index contributed by atoms with van der Waals surface area (Å²) in [5, 5.41) is 3.04. The van der Waals surface area contributed by atoms with Crippen LogP contribution >= 0.6 is 11.6 Å². The Hall–Kier alpha value is -2.54. The van der Waals surface area contributed by atoms with E-state index in [0.29, 0.717) is 60.4 Å². The maximum atomic E-state index is 14.2. The molecule has 142 valence electrons. The molecule has 0 bridgehead atoms. The molecule has 0 radical (unpaired) electrons. The van der Waals surface area contributed by atoms with Crippen molar-refractivity contribution >= 4 is 28.9 Å². The number of ether oxygens (including phenoxy) is 2. The molecule has 2 aromatic carbocycles. The maximum Gasteiger partial charge on any atom is 0.243 e. The molecule has 0 unspecified atom stereocenters. The first-order valence-corrected chi connectivity index (χ1v) is 9.01. The highest BCUT2D eigenvalue weighted by Crippen LogP contribution is 2.38. The summed E-state index contributed by atoms with van der Waals surface area (Å²) in [6.07, 6.45) is 1.30. The van der Waals surface area contributed by atoms with Crippen molar-refractivity contribution in [1.29, 1.82) is 0 Å². The van der Waals surface area contributed by atoms with E-state index >= 15 is 0 Å². The number of rotatable bonds is 3. The van der Waals surface area contributed by atoms with Crippen LogP contribution in [0, 0.1) is 11.6 Å². The zero-order valence-corrected chi connectivity index (χ0v) is 15.1. The number of halogens is 3. The third kappa shape index (κ3) is 3.64. The third-order valence-corrected chi connectivity index (χ3v) is 4.85. The van der Waals surface area contributed by atoms with E-state index in [1.165, 1.54) is 6.07 Å². The van der Waals surface area contributed by atoms with E-state index in [-0.39, 0.29) is 18.1 Å². The van der Waals surface area contributed by atoms with Gasteiger partial charge in [-0.05, 0) is 24.5 Å². The Kier molecular flexibility index (Phi) is 4.78. The van der Waals surface area contributed by atoms with Crippen LogP contribution in [-0.4, -0.2) is 32.2 Å². The molecule has 0 saturated heterocycles. The smallest absolute Gasteiger partial charge is 0.243 e. The molecule has 0 saturated carbocycles. The van der Waals surface area contributed by atoms with Gasteiger partial charge in [-0.3, -0.25) is 4.79 Å². The van der Waals surface area contributed by atoms with Gasteiger partial charge in [0.2, 0.25) is 5.91 Å². The van der Waals surface area contributed by atoms with Crippen molar-refractivity contribution in [2.45, 2.75) is 12.8 Å². The molecular formula is C19H17ClF2N2O3. The van der Waals surface area contributed by atoms with Gasteiger partial charge in [-0.1, -0.05) is 11.6 Å². The van der Waals surface area contributed by atoms with Crippen LogP contribution in [0.3, 0.4) is 0 Å². The minimum absolute atomic E-state index is 0.0691. The van der Waals surface area contributed by atoms with Crippen LogP contribution in [0.1, 0.15) is 12.0 Å². The first-order chi connectivity index (χ1) is 13.0. The number of nitrogens with zero attached hydrogens (tertiary/aromatic N) is 1. The van der Waals surface area contributed by atoms with Crippen molar-refractivity contribution < 1.29 is 23.0 Å². The van der Waals surface area contributed by atoms with Crippen molar-refractivity contribution in [3.05, 3.63) is 46.5 Å². The molecular weight excluding hydrogens is 378 g/mol. The lowest BCUT2D eigenvalue weighted by Gasteiger charge is -2.31. The lowest BCUT2D eigenvalue weighted by atomic mass is 10.0. The standard InChI is InChI=1S/C19H17ClF2N2O3/c20-13-8-16-17(27-5-4-26-16)9-15(13)23-18(25)10-24-3-1-2-11-6-12(21)7-14(22)19(11)24/h6-9H,1-5,10H2,(H,23,25). The Labute approximate surface area is 159 Å². The fourth-order valence-electron chi connectivity index (χ4n) is 3.42. The van der Waals surface area contributed by atoms with Gasteiger partial charge in [0.25, 0.3) is 0 Å². The van der Waals surface area contributed by atoms with E-state index in [1.807, 2.05) is 0 Å². The van der Waals surface area contributed by atoms with Crippen LogP contribution < -0.4 is 19.7 Å². The zero-order valence-electron chi connectivity index (χ0n) is 14.4. The lowest BCUT2D eigenvalue weighted by Crippen LogP contribution is -2.37. The van der Waals surface area contributed by atoms with E-state index in [1.54, 1.807) is 17.0 Å². The molecule has 1 N–H and O–H groups in total. The number of anilines is 2. The number of hydrogen-bond acceptors (Lipinski definition) is 4. The molecule has 0 fully saturated rings. The van der Waals surface area contributed by atoms with Crippen LogP contribution in [-0.2, 0) is 11.2 Å². The lowest BCUT2D eigenvalue weighted by molar-refractivity contribution is -0.115. The van der Waals surface area contributed by atoms with Crippen molar-refractivity contribution in [2.75, 3.05) is 36.5 Å². The van der Waals surface area contributed by atoms with Gasteiger partial charge >= 0.3 is 0 Å². The van der Waals surface area contributed by atoms with Crippen molar-refractivity contribution in [1.82, 2.24) is 0 Å². The van der Waals surface area contributed by atoms with Crippen molar-refractivity contribution in [2.24, 2.45) is 0 Å². The number of nitrogens with one attached hydrogen (secondary N) is 1. The van der Waals surface area contributed by atoms with Gasteiger partial charge in [0, 0.05) is 24.7 Å². The molecule has 1 amide bonds. The van der Waals surface area contributed by atoms with Crippen LogP contribution in [0.2, 0.25) is 5.02 Å². The van der Waals surface area contributed by atoms with Crippen LogP contribution in [0.25, 0.3) is 0 Å². The van der Waals surface area contributed by atoms with Crippen molar-refractivity contribution in [3.63, 3.8) is 0 Å². The Morgan fingerprint density at radius 2 is 1.89 bits per heavy atom. The number of carbonyl (C=O) groups is 1. The molecule has 0 atom stereocenters. The monoisotopic (exact) mass is 394 g/mol. The second-order valence-corrected chi connectivity index (χ2v) is 6.85. The summed E-state index contributed by atoms with van der Waals surface area (Å²) in [5.41, 5.74) is 1.25. The number of carbonyl (C=O) groups excluding carboxylic acids is 1. The molecule has 2 aliphatic heterocycles. The predicted octanol–water partition coefficient (Wildman–Crippen LogP) is 3.78. The van der Waals surface area contributed by atoms with E-state index in [2.05, 4.69) is 5.32 Å². The average molecular weight is 395 g/mol. The van der Waals surface area contributed by atoms with E-state index < -0.39 is 11.6 Å². The largest absolute Gasteiger partial charge is 0.486 e.